The highest BCUT2D eigenvalue weighted by molar-refractivity contribution is 6.36. The summed E-state index contributed by atoms with van der Waals surface area (Å²) in [6.45, 7) is 3.75. The lowest BCUT2D eigenvalue weighted by molar-refractivity contribution is -0.161. The largest absolute Gasteiger partial charge is 0.481 e. The van der Waals surface area contributed by atoms with Gasteiger partial charge >= 0.3 is 5.97 Å². The number of aliphatic carboxylic acids is 1. The summed E-state index contributed by atoms with van der Waals surface area (Å²) in [5.41, 5.74) is 7.69. The van der Waals surface area contributed by atoms with Crippen molar-refractivity contribution in [1.29, 1.82) is 0 Å². The number of halogens is 2. The predicted octanol–water partition coefficient (Wildman–Crippen LogP) is 7.96. The molecule has 0 radical (unpaired) electrons. The molecule has 3 heterocycles. The van der Waals surface area contributed by atoms with E-state index in [9.17, 15) is 14.7 Å². The van der Waals surface area contributed by atoms with Gasteiger partial charge in [-0.3, -0.25) is 14.5 Å². The van der Waals surface area contributed by atoms with Crippen LogP contribution in [-0.2, 0) is 29.1 Å². The molecule has 0 bridgehead atoms. The second-order valence-electron chi connectivity index (χ2n) is 15.4. The summed E-state index contributed by atoms with van der Waals surface area (Å²) >= 11 is 14.0. The molecular weight excluding hydrogens is 727 g/mol. The number of rotatable bonds is 13. The molecule has 4 aliphatic rings. The first-order valence-corrected chi connectivity index (χ1v) is 19.4. The fraction of sp³-hybridized carbons (Fsp3) is 0.429. The number of benzene rings is 2. The van der Waals surface area contributed by atoms with E-state index in [1.807, 2.05) is 42.5 Å². The van der Waals surface area contributed by atoms with Crippen molar-refractivity contribution in [2.45, 2.75) is 64.1 Å². The molecule has 1 aliphatic heterocycles. The van der Waals surface area contributed by atoms with E-state index in [2.05, 4.69) is 22.3 Å². The second-order valence-corrected chi connectivity index (χ2v) is 16.1. The fourth-order valence-corrected chi connectivity index (χ4v) is 9.55. The van der Waals surface area contributed by atoms with Gasteiger partial charge in [-0.1, -0.05) is 65.7 Å². The zero-order valence-corrected chi connectivity index (χ0v) is 32.0. The van der Waals surface area contributed by atoms with Crippen molar-refractivity contribution in [3.63, 3.8) is 0 Å². The lowest BCUT2D eigenvalue weighted by Gasteiger charge is -2.58. The summed E-state index contributed by atoms with van der Waals surface area (Å²) < 4.78 is 17.9. The molecule has 1 spiro atoms. The smallest absolute Gasteiger partial charge is 0.306 e. The number of pyridine rings is 2. The molecule has 0 amide bonds. The Bertz CT molecular complexity index is 2100. The number of methoxy groups -OCH3 is 2. The van der Waals surface area contributed by atoms with Gasteiger partial charge in [0.05, 0.1) is 30.9 Å². The number of nitrogens with zero attached hydrogens (tertiary/aromatic N) is 3. The van der Waals surface area contributed by atoms with Crippen LogP contribution < -0.4 is 19.5 Å². The topological polar surface area (TPSA) is 123 Å². The number of carbonyl (C=O) groups excluding carboxylic acids is 1. The van der Waals surface area contributed by atoms with Crippen LogP contribution in [0.15, 0.2) is 54.6 Å². The van der Waals surface area contributed by atoms with Gasteiger partial charge in [0.25, 0.3) is 0 Å². The number of Topliss-reactive ketones (excluding diaryl/α,β-unsaturated/α-hetero) is 1. The number of hydrogen-bond donors (Lipinski definition) is 2. The molecule has 54 heavy (non-hydrogen) atoms. The molecule has 2 aromatic heterocycles. The standard InChI is InChI=1S/C42H44Cl2N4O6/c1-52-38-25(20-45-19-24-9-11-28(49)15-24)10-13-35(46-38)33-8-4-7-32(37(33)44)29-5-3-6-31-30(29)12-14-36(31)54-40-34(43)16-26(39(47-40)53-2)21-48-22-42(23-48)17-27(18-42)41(50)51/h3-8,10,13,16,24,27,36,45H,9,11-12,14-15,17-23H2,1-2H3,(H,50,51)/t24-,36+/m1/s1. The Morgan fingerprint density at radius 2 is 1.67 bits per heavy atom. The van der Waals surface area contributed by atoms with E-state index >= 15 is 0 Å². The van der Waals surface area contributed by atoms with Crippen molar-refractivity contribution in [2.24, 2.45) is 17.3 Å². The van der Waals surface area contributed by atoms with E-state index in [1.54, 1.807) is 14.2 Å². The Kier molecular flexibility index (Phi) is 10.3. The molecule has 2 saturated carbocycles. The maximum absolute atomic E-state index is 11.7. The predicted molar refractivity (Wildman–Crippen MR) is 206 cm³/mol. The molecule has 2 N–H and O–H groups in total. The van der Waals surface area contributed by atoms with Crippen LogP contribution in [0.1, 0.15) is 66.9 Å². The third-order valence-corrected chi connectivity index (χ3v) is 12.3. The highest BCUT2D eigenvalue weighted by Crippen LogP contribution is 2.52. The van der Waals surface area contributed by atoms with Crippen molar-refractivity contribution in [2.75, 3.05) is 33.9 Å². The van der Waals surface area contributed by atoms with Crippen molar-refractivity contribution in [1.82, 2.24) is 20.2 Å². The first-order valence-electron chi connectivity index (χ1n) is 18.7. The van der Waals surface area contributed by atoms with Crippen molar-refractivity contribution < 1.29 is 28.9 Å². The van der Waals surface area contributed by atoms with E-state index in [0.717, 1.165) is 90.8 Å². The second kappa shape index (κ2) is 15.1. The van der Waals surface area contributed by atoms with Crippen LogP contribution in [0.2, 0.25) is 10.0 Å². The van der Waals surface area contributed by atoms with Crippen molar-refractivity contribution in [3.8, 4) is 40.0 Å². The van der Waals surface area contributed by atoms with Crippen LogP contribution in [-0.4, -0.2) is 65.6 Å². The van der Waals surface area contributed by atoms with Gasteiger partial charge in [-0.25, -0.2) is 4.98 Å². The highest BCUT2D eigenvalue weighted by Gasteiger charge is 2.54. The number of carboxylic acids is 1. The summed E-state index contributed by atoms with van der Waals surface area (Å²) in [5, 5.41) is 13.8. The van der Waals surface area contributed by atoms with Gasteiger partial charge in [-0.2, -0.15) is 4.98 Å². The summed E-state index contributed by atoms with van der Waals surface area (Å²) in [6.07, 6.45) is 5.08. The lowest BCUT2D eigenvalue weighted by atomic mass is 9.57. The van der Waals surface area contributed by atoms with Gasteiger partial charge in [0.2, 0.25) is 17.6 Å². The van der Waals surface area contributed by atoms with Crippen LogP contribution in [0.4, 0.5) is 0 Å². The van der Waals surface area contributed by atoms with Crippen LogP contribution in [0, 0.1) is 17.3 Å². The molecule has 0 unspecified atom stereocenters. The molecular formula is C42H44Cl2N4O6. The molecule has 3 fully saturated rings. The van der Waals surface area contributed by atoms with Gasteiger partial charge in [0, 0.05) is 61.3 Å². The molecule has 4 aromatic rings. The van der Waals surface area contributed by atoms with E-state index in [1.165, 1.54) is 5.56 Å². The van der Waals surface area contributed by atoms with Crippen LogP contribution in [0.5, 0.6) is 17.6 Å². The van der Waals surface area contributed by atoms with Gasteiger partial charge in [0.1, 0.15) is 16.9 Å². The number of hydrogen-bond acceptors (Lipinski definition) is 9. The van der Waals surface area contributed by atoms with Gasteiger partial charge < -0.3 is 24.6 Å². The molecule has 8 rings (SSSR count). The number of fused-ring (bicyclic) bond motifs is 1. The molecule has 12 heteroatoms. The average Bonchev–Trinajstić information content (AvgIpc) is 3.75. The molecule has 2 aromatic carbocycles. The number of likely N-dealkylation sites (tertiary alicyclic amines) is 1. The van der Waals surface area contributed by atoms with E-state index < -0.39 is 5.97 Å². The Morgan fingerprint density at radius 1 is 0.926 bits per heavy atom. The minimum absolute atomic E-state index is 0.129. The maximum Gasteiger partial charge on any atom is 0.306 e. The molecule has 3 aliphatic carbocycles. The molecule has 1 saturated heterocycles. The minimum atomic E-state index is -0.692. The Hall–Kier alpha value is -4.22. The molecule has 282 valence electrons. The van der Waals surface area contributed by atoms with Gasteiger partial charge in [0.15, 0.2) is 0 Å². The molecule has 2 atom stereocenters. The van der Waals surface area contributed by atoms with Crippen LogP contribution in [0.25, 0.3) is 22.4 Å². The fourth-order valence-electron chi connectivity index (χ4n) is 9.01. The number of carbonyl (C=O) groups is 2. The van der Waals surface area contributed by atoms with E-state index in [-0.39, 0.29) is 17.4 Å². The SMILES string of the molecule is COc1nc(-c2cccc(-c3cccc4c3CC[C@@H]4Oc3nc(OC)c(CN4CC5(CC(C(=O)O)C5)C4)cc3Cl)c2Cl)ccc1CNC[C@@H]1CCC(=O)C1. The van der Waals surface area contributed by atoms with Gasteiger partial charge in [-0.05, 0) is 78.8 Å². The number of ketones is 1. The highest BCUT2D eigenvalue weighted by atomic mass is 35.5. The summed E-state index contributed by atoms with van der Waals surface area (Å²) in [4.78, 5) is 34.8. The third kappa shape index (κ3) is 7.17. The zero-order chi connectivity index (χ0) is 37.6. The zero-order valence-electron chi connectivity index (χ0n) is 30.5. The Morgan fingerprint density at radius 3 is 2.41 bits per heavy atom. The minimum Gasteiger partial charge on any atom is -0.481 e. The summed E-state index contributed by atoms with van der Waals surface area (Å²) in [7, 11) is 3.22. The van der Waals surface area contributed by atoms with Crippen molar-refractivity contribution >= 4 is 35.0 Å². The summed E-state index contributed by atoms with van der Waals surface area (Å²) in [6, 6.07) is 18.1. The van der Waals surface area contributed by atoms with E-state index in [0.29, 0.717) is 65.3 Å². The molecule has 10 nitrogen and oxygen atoms in total. The van der Waals surface area contributed by atoms with Crippen LogP contribution >= 0.6 is 23.2 Å². The van der Waals surface area contributed by atoms with Gasteiger partial charge in [-0.15, -0.1) is 0 Å². The Labute approximate surface area is 325 Å². The number of ether oxygens (including phenoxy) is 3. The lowest BCUT2D eigenvalue weighted by Crippen LogP contribution is -2.62. The first-order chi connectivity index (χ1) is 26.1. The normalized spacial score (nSPS) is 20.4. The number of aromatic nitrogens is 2. The van der Waals surface area contributed by atoms with E-state index in [4.69, 9.17) is 47.4 Å². The number of nitrogens with one attached hydrogen (secondary N) is 1. The summed E-state index contributed by atoms with van der Waals surface area (Å²) in [5.74, 6) is 1.18. The average molecular weight is 772 g/mol. The third-order valence-electron chi connectivity index (χ3n) is 11.7. The monoisotopic (exact) mass is 770 g/mol. The number of carboxylic acid groups (broad SMARTS) is 1. The first kappa shape index (κ1) is 36.7. The van der Waals surface area contributed by atoms with Crippen LogP contribution in [0.3, 0.4) is 0 Å². The quantitative estimate of drug-likeness (QED) is 0.139. The van der Waals surface area contributed by atoms with Crippen molar-refractivity contribution in [3.05, 3.63) is 86.9 Å². The Balaban J connectivity index is 0.965. The maximum atomic E-state index is 11.7.